The first-order valence-corrected chi connectivity index (χ1v) is 6.78. The highest BCUT2D eigenvalue weighted by atomic mass is 16.6. The van der Waals surface area contributed by atoms with E-state index in [0.29, 0.717) is 11.3 Å². The molecule has 0 aliphatic heterocycles. The molecule has 0 spiro atoms. The number of hydrogen-bond donors (Lipinski definition) is 1. The predicted octanol–water partition coefficient (Wildman–Crippen LogP) is 3.03. The van der Waals surface area contributed by atoms with Crippen LogP contribution in [0, 0.1) is 10.1 Å². The number of carbonyl (C=O) groups excluding carboxylic acids is 1. The lowest BCUT2D eigenvalue weighted by Gasteiger charge is -2.07. The number of benzene rings is 2. The molecule has 114 valence electrons. The average molecular weight is 308 g/mol. The van der Waals surface area contributed by atoms with Crippen LogP contribution in [-0.4, -0.2) is 20.4 Å². The number of carbonyl (C=O) groups is 1. The molecule has 0 fully saturated rings. The molecule has 0 radical (unpaired) electrons. The normalized spacial score (nSPS) is 10.3. The number of nitrogens with zero attached hydrogens (tertiary/aromatic N) is 3. The molecule has 7 nitrogen and oxygen atoms in total. The van der Waals surface area contributed by atoms with Gasteiger partial charge in [-0.1, -0.05) is 0 Å². The molecule has 1 N–H and O–H groups in total. The van der Waals surface area contributed by atoms with Gasteiger partial charge < -0.3 is 9.88 Å². The molecule has 1 amide bonds. The summed E-state index contributed by atoms with van der Waals surface area (Å²) in [6.07, 6.45) is 5.19. The summed E-state index contributed by atoms with van der Waals surface area (Å²) in [5, 5.41) is 13.3. The van der Waals surface area contributed by atoms with Gasteiger partial charge in [0, 0.05) is 41.5 Å². The van der Waals surface area contributed by atoms with E-state index in [2.05, 4.69) is 10.3 Å². The average Bonchev–Trinajstić information content (AvgIpc) is 3.10. The van der Waals surface area contributed by atoms with Gasteiger partial charge in [0.15, 0.2) is 0 Å². The zero-order chi connectivity index (χ0) is 16.2. The molecule has 7 heteroatoms. The maximum Gasteiger partial charge on any atom is 0.269 e. The Bertz CT molecular complexity index is 825. The zero-order valence-corrected chi connectivity index (χ0v) is 11.9. The van der Waals surface area contributed by atoms with Gasteiger partial charge in [0.2, 0.25) is 0 Å². The zero-order valence-electron chi connectivity index (χ0n) is 11.9. The second-order valence-corrected chi connectivity index (χ2v) is 4.77. The first-order chi connectivity index (χ1) is 11.1. The number of non-ortho nitro benzene ring substituents is 1. The Balaban J connectivity index is 1.71. The molecule has 2 aromatic carbocycles. The molecule has 0 aliphatic carbocycles. The van der Waals surface area contributed by atoms with E-state index >= 15 is 0 Å². The van der Waals surface area contributed by atoms with Crippen molar-refractivity contribution < 1.29 is 9.72 Å². The molecule has 0 aliphatic rings. The minimum absolute atomic E-state index is 0.0498. The number of nitro benzene ring substituents is 1. The maximum atomic E-state index is 12.1. The van der Waals surface area contributed by atoms with Gasteiger partial charge in [-0.15, -0.1) is 0 Å². The Hall–Kier alpha value is -3.48. The Morgan fingerprint density at radius 1 is 1.09 bits per heavy atom. The van der Waals surface area contributed by atoms with Crippen molar-refractivity contribution in [2.75, 3.05) is 5.32 Å². The number of hydrogen-bond acceptors (Lipinski definition) is 4. The molecule has 0 saturated heterocycles. The van der Waals surface area contributed by atoms with Gasteiger partial charge >= 0.3 is 0 Å². The van der Waals surface area contributed by atoms with E-state index in [1.165, 1.54) is 24.3 Å². The lowest BCUT2D eigenvalue weighted by atomic mass is 10.2. The monoisotopic (exact) mass is 308 g/mol. The SMILES string of the molecule is O=C(Nc1ccc(-n2ccnc2)cc1)c1ccc([N+](=O)[O-])cc1. The minimum atomic E-state index is -0.503. The minimum Gasteiger partial charge on any atom is -0.322 e. The fourth-order valence-corrected chi connectivity index (χ4v) is 2.07. The first-order valence-electron chi connectivity index (χ1n) is 6.78. The fraction of sp³-hybridized carbons (Fsp3) is 0. The van der Waals surface area contributed by atoms with E-state index in [1.54, 1.807) is 24.7 Å². The van der Waals surface area contributed by atoms with Gasteiger partial charge in [0.25, 0.3) is 11.6 Å². The van der Waals surface area contributed by atoms with Gasteiger partial charge in [-0.25, -0.2) is 4.98 Å². The predicted molar refractivity (Wildman–Crippen MR) is 84.6 cm³/mol. The molecule has 0 atom stereocenters. The van der Waals surface area contributed by atoms with Crippen molar-refractivity contribution in [1.29, 1.82) is 0 Å². The van der Waals surface area contributed by atoms with Crippen molar-refractivity contribution in [3.05, 3.63) is 82.9 Å². The second kappa shape index (κ2) is 6.10. The fourth-order valence-electron chi connectivity index (χ4n) is 2.07. The summed E-state index contributed by atoms with van der Waals surface area (Å²) in [4.78, 5) is 26.2. The van der Waals surface area contributed by atoms with Crippen LogP contribution in [0.3, 0.4) is 0 Å². The molecule has 0 saturated carbocycles. The van der Waals surface area contributed by atoms with Crippen LogP contribution in [-0.2, 0) is 0 Å². The van der Waals surface area contributed by atoms with Crippen LogP contribution in [0.5, 0.6) is 0 Å². The van der Waals surface area contributed by atoms with Crippen molar-refractivity contribution in [2.24, 2.45) is 0 Å². The number of nitrogens with one attached hydrogen (secondary N) is 1. The van der Waals surface area contributed by atoms with E-state index in [0.717, 1.165) is 5.69 Å². The number of amides is 1. The Morgan fingerprint density at radius 3 is 2.35 bits per heavy atom. The highest BCUT2D eigenvalue weighted by Crippen LogP contribution is 2.16. The third kappa shape index (κ3) is 3.24. The van der Waals surface area contributed by atoms with E-state index in [1.807, 2.05) is 22.9 Å². The molecule has 23 heavy (non-hydrogen) atoms. The first kappa shape index (κ1) is 14.5. The maximum absolute atomic E-state index is 12.1. The van der Waals surface area contributed by atoms with Crippen molar-refractivity contribution in [2.45, 2.75) is 0 Å². The summed E-state index contributed by atoms with van der Waals surface area (Å²) in [6.45, 7) is 0. The van der Waals surface area contributed by atoms with Crippen LogP contribution in [0.15, 0.2) is 67.3 Å². The van der Waals surface area contributed by atoms with Crippen LogP contribution in [0.1, 0.15) is 10.4 Å². The van der Waals surface area contributed by atoms with E-state index in [9.17, 15) is 14.9 Å². The number of aromatic nitrogens is 2. The van der Waals surface area contributed by atoms with Gasteiger partial charge in [-0.3, -0.25) is 14.9 Å². The van der Waals surface area contributed by atoms with Gasteiger partial charge in [-0.05, 0) is 36.4 Å². The molecule has 1 heterocycles. The topological polar surface area (TPSA) is 90.1 Å². The molecule has 1 aromatic heterocycles. The third-order valence-corrected chi connectivity index (χ3v) is 3.27. The summed E-state index contributed by atoms with van der Waals surface area (Å²) in [6, 6.07) is 12.7. The summed E-state index contributed by atoms with van der Waals surface area (Å²) in [5.74, 6) is -0.324. The largest absolute Gasteiger partial charge is 0.322 e. The molecule has 3 rings (SSSR count). The Kier molecular flexibility index (Phi) is 3.84. The van der Waals surface area contributed by atoms with Gasteiger partial charge in [0.05, 0.1) is 11.3 Å². The van der Waals surface area contributed by atoms with Crippen LogP contribution < -0.4 is 5.32 Å². The second-order valence-electron chi connectivity index (χ2n) is 4.77. The smallest absolute Gasteiger partial charge is 0.269 e. The third-order valence-electron chi connectivity index (χ3n) is 3.27. The molecule has 3 aromatic rings. The highest BCUT2D eigenvalue weighted by molar-refractivity contribution is 6.04. The standard InChI is InChI=1S/C16H12N4O3/c21-16(12-1-5-15(6-2-12)20(22)23)18-13-3-7-14(8-4-13)19-10-9-17-11-19/h1-11H,(H,18,21). The van der Waals surface area contributed by atoms with Crippen LogP contribution >= 0.6 is 0 Å². The summed E-state index contributed by atoms with van der Waals surface area (Å²) in [5.41, 5.74) is 1.87. The van der Waals surface area contributed by atoms with Crippen LogP contribution in [0.25, 0.3) is 5.69 Å². The quantitative estimate of drug-likeness (QED) is 0.592. The van der Waals surface area contributed by atoms with Crippen molar-refractivity contribution in [3.63, 3.8) is 0 Å². The highest BCUT2D eigenvalue weighted by Gasteiger charge is 2.09. The number of nitro groups is 1. The number of imidazole rings is 1. The summed E-state index contributed by atoms with van der Waals surface area (Å²) in [7, 11) is 0. The van der Waals surface area contributed by atoms with Crippen LogP contribution in [0.2, 0.25) is 0 Å². The molecular formula is C16H12N4O3. The Morgan fingerprint density at radius 2 is 1.78 bits per heavy atom. The number of anilines is 1. The van der Waals surface area contributed by atoms with Crippen LogP contribution in [0.4, 0.5) is 11.4 Å². The van der Waals surface area contributed by atoms with Gasteiger partial charge in [0.1, 0.15) is 0 Å². The number of rotatable bonds is 4. The van der Waals surface area contributed by atoms with Crippen molar-refractivity contribution in [1.82, 2.24) is 9.55 Å². The lowest BCUT2D eigenvalue weighted by molar-refractivity contribution is -0.384. The summed E-state index contributed by atoms with van der Waals surface area (Å²) < 4.78 is 1.85. The lowest BCUT2D eigenvalue weighted by Crippen LogP contribution is -2.11. The summed E-state index contributed by atoms with van der Waals surface area (Å²) >= 11 is 0. The van der Waals surface area contributed by atoms with Crippen molar-refractivity contribution >= 4 is 17.3 Å². The van der Waals surface area contributed by atoms with Crippen molar-refractivity contribution in [3.8, 4) is 5.69 Å². The molecule has 0 unspecified atom stereocenters. The van der Waals surface area contributed by atoms with E-state index in [-0.39, 0.29) is 11.6 Å². The van der Waals surface area contributed by atoms with E-state index in [4.69, 9.17) is 0 Å². The molecular weight excluding hydrogens is 296 g/mol. The van der Waals surface area contributed by atoms with E-state index < -0.39 is 4.92 Å². The van der Waals surface area contributed by atoms with Gasteiger partial charge in [-0.2, -0.15) is 0 Å². The molecule has 0 bridgehead atoms. The Labute approximate surface area is 131 Å².